The van der Waals surface area contributed by atoms with Crippen LogP contribution in [0.3, 0.4) is 0 Å². The summed E-state index contributed by atoms with van der Waals surface area (Å²) in [6.45, 7) is 0. The van der Waals surface area contributed by atoms with Gasteiger partial charge in [0, 0.05) is 22.3 Å². The monoisotopic (exact) mass is 266 g/mol. The van der Waals surface area contributed by atoms with Gasteiger partial charge in [0.25, 0.3) is 5.91 Å². The molecule has 1 amide bonds. The fourth-order valence-electron chi connectivity index (χ4n) is 1.22. The van der Waals surface area contributed by atoms with E-state index in [0.29, 0.717) is 5.56 Å². The van der Waals surface area contributed by atoms with Crippen LogP contribution in [0.1, 0.15) is 10.4 Å². The molecule has 2 heterocycles. The van der Waals surface area contributed by atoms with Crippen molar-refractivity contribution in [2.24, 2.45) is 5.84 Å². The molecule has 2 aromatic heterocycles. The van der Waals surface area contributed by atoms with E-state index in [1.54, 1.807) is 18.5 Å². The molecule has 0 aliphatic heterocycles. The van der Waals surface area contributed by atoms with Crippen molar-refractivity contribution in [3.63, 3.8) is 0 Å². The Labute approximate surface area is 93.8 Å². The van der Waals surface area contributed by atoms with Crippen molar-refractivity contribution >= 4 is 32.7 Å². The summed E-state index contributed by atoms with van der Waals surface area (Å²) in [4.78, 5) is 19.3. The number of hydrogen-bond donors (Lipinski definition) is 2. The first-order chi connectivity index (χ1) is 7.22. The number of carbonyl (C=O) groups excluding carboxylic acids is 1. The van der Waals surface area contributed by atoms with Gasteiger partial charge in [-0.2, -0.15) is 0 Å². The Hall–Kier alpha value is -1.53. The van der Waals surface area contributed by atoms with E-state index >= 15 is 0 Å². The fourth-order valence-corrected chi connectivity index (χ4v) is 1.66. The number of hydrazine groups is 1. The lowest BCUT2D eigenvalue weighted by atomic mass is 10.2. The van der Waals surface area contributed by atoms with Gasteiger partial charge >= 0.3 is 0 Å². The molecule has 0 radical (unpaired) electrons. The van der Waals surface area contributed by atoms with E-state index in [1.807, 2.05) is 0 Å². The molecule has 0 aromatic carbocycles. The zero-order valence-corrected chi connectivity index (χ0v) is 9.15. The normalized spacial score (nSPS) is 10.3. The maximum atomic E-state index is 11.3. The van der Waals surface area contributed by atoms with E-state index < -0.39 is 0 Å². The van der Waals surface area contributed by atoms with Crippen LogP contribution in [-0.4, -0.2) is 15.9 Å². The second-order valence-corrected chi connectivity index (χ2v) is 3.74. The Bertz CT molecular complexity index is 529. The van der Waals surface area contributed by atoms with Crippen LogP contribution in [0.5, 0.6) is 0 Å². The van der Waals surface area contributed by atoms with Crippen LogP contribution in [-0.2, 0) is 0 Å². The number of nitrogens with two attached hydrogens (primary N) is 1. The van der Waals surface area contributed by atoms with Gasteiger partial charge < -0.3 is 0 Å². The number of nitrogens with zero attached hydrogens (tertiary/aromatic N) is 2. The first-order valence-electron chi connectivity index (χ1n) is 4.12. The molecule has 0 unspecified atom stereocenters. The molecule has 0 atom stereocenters. The topological polar surface area (TPSA) is 80.9 Å². The maximum absolute atomic E-state index is 11.3. The van der Waals surface area contributed by atoms with Crippen molar-refractivity contribution in [2.75, 3.05) is 0 Å². The summed E-state index contributed by atoms with van der Waals surface area (Å²) in [6, 6.07) is 1.70. The molecule has 6 heteroatoms. The third-order valence-corrected chi connectivity index (χ3v) is 2.59. The minimum absolute atomic E-state index is 0.367. The van der Waals surface area contributed by atoms with Crippen molar-refractivity contribution in [3.05, 3.63) is 34.7 Å². The molecule has 3 N–H and O–H groups in total. The van der Waals surface area contributed by atoms with E-state index in [9.17, 15) is 4.79 Å². The van der Waals surface area contributed by atoms with Crippen molar-refractivity contribution in [1.29, 1.82) is 0 Å². The first-order valence-corrected chi connectivity index (χ1v) is 4.92. The summed E-state index contributed by atoms with van der Waals surface area (Å²) in [6.07, 6.45) is 4.73. The molecule has 0 aliphatic rings. The number of amides is 1. The first kappa shape index (κ1) is 10.0. The third-order valence-electron chi connectivity index (χ3n) is 1.95. The number of carbonyl (C=O) groups is 1. The lowest BCUT2D eigenvalue weighted by molar-refractivity contribution is 0.0953. The molecule has 0 saturated heterocycles. The summed E-state index contributed by atoms with van der Waals surface area (Å²) in [5.74, 6) is 4.67. The standard InChI is InChI=1S/C9H7BrN4O/c10-7-3-12-4-8-6(7)1-5(2-13-8)9(15)14-11/h1-4H,11H2,(H,14,15). The Balaban J connectivity index is 2.64. The predicted octanol–water partition coefficient (Wildman–Crippen LogP) is 0.996. The number of pyridine rings is 2. The van der Waals surface area contributed by atoms with Gasteiger partial charge in [-0.3, -0.25) is 20.2 Å². The van der Waals surface area contributed by atoms with Gasteiger partial charge in [-0.15, -0.1) is 0 Å². The van der Waals surface area contributed by atoms with E-state index in [-0.39, 0.29) is 5.91 Å². The molecule has 0 aliphatic carbocycles. The number of aromatic nitrogens is 2. The molecule has 76 valence electrons. The zero-order valence-electron chi connectivity index (χ0n) is 7.57. The predicted molar refractivity (Wildman–Crippen MR) is 58.9 cm³/mol. The van der Waals surface area contributed by atoms with Gasteiger partial charge in [-0.05, 0) is 22.0 Å². The van der Waals surface area contributed by atoms with E-state index in [4.69, 9.17) is 5.84 Å². The van der Waals surface area contributed by atoms with Crippen LogP contribution in [0.2, 0.25) is 0 Å². The minimum Gasteiger partial charge on any atom is -0.290 e. The number of nitrogen functional groups attached to an aromatic ring is 1. The van der Waals surface area contributed by atoms with E-state index in [0.717, 1.165) is 15.4 Å². The maximum Gasteiger partial charge on any atom is 0.266 e. The third kappa shape index (κ3) is 1.81. The van der Waals surface area contributed by atoms with Crippen LogP contribution in [0.15, 0.2) is 29.1 Å². The zero-order chi connectivity index (χ0) is 10.8. The smallest absolute Gasteiger partial charge is 0.266 e. The quantitative estimate of drug-likeness (QED) is 0.458. The number of nitrogens with one attached hydrogen (secondary N) is 1. The van der Waals surface area contributed by atoms with Crippen molar-refractivity contribution in [1.82, 2.24) is 15.4 Å². The summed E-state index contributed by atoms with van der Waals surface area (Å²) < 4.78 is 0.791. The van der Waals surface area contributed by atoms with Crippen LogP contribution in [0, 0.1) is 0 Å². The number of hydrogen-bond acceptors (Lipinski definition) is 4. The van der Waals surface area contributed by atoms with Gasteiger partial charge in [-0.25, -0.2) is 5.84 Å². The highest BCUT2D eigenvalue weighted by Crippen LogP contribution is 2.21. The lowest BCUT2D eigenvalue weighted by Gasteiger charge is -2.02. The van der Waals surface area contributed by atoms with Crippen LogP contribution < -0.4 is 11.3 Å². The molecular formula is C9H7BrN4O. The molecule has 2 rings (SSSR count). The van der Waals surface area contributed by atoms with Crippen molar-refractivity contribution in [2.45, 2.75) is 0 Å². The largest absolute Gasteiger partial charge is 0.290 e. The molecule has 0 saturated carbocycles. The minimum atomic E-state index is -0.367. The van der Waals surface area contributed by atoms with E-state index in [2.05, 4.69) is 31.3 Å². The van der Waals surface area contributed by atoms with Crippen LogP contribution in [0.25, 0.3) is 10.9 Å². The molecule has 0 fully saturated rings. The lowest BCUT2D eigenvalue weighted by Crippen LogP contribution is -2.30. The van der Waals surface area contributed by atoms with Gasteiger partial charge in [0.15, 0.2) is 0 Å². The second kappa shape index (κ2) is 3.92. The van der Waals surface area contributed by atoms with Crippen LogP contribution >= 0.6 is 15.9 Å². The van der Waals surface area contributed by atoms with Gasteiger partial charge in [-0.1, -0.05) is 0 Å². The Kier molecular flexibility index (Phi) is 2.61. The number of halogens is 1. The summed E-state index contributed by atoms with van der Waals surface area (Å²) in [5, 5.41) is 0.825. The Morgan fingerprint density at radius 1 is 1.40 bits per heavy atom. The average Bonchev–Trinajstić information content (AvgIpc) is 2.28. The van der Waals surface area contributed by atoms with Gasteiger partial charge in [0.2, 0.25) is 0 Å². The molecule has 0 bridgehead atoms. The number of fused-ring (bicyclic) bond motifs is 1. The summed E-state index contributed by atoms with van der Waals surface area (Å²) in [7, 11) is 0. The molecule has 0 spiro atoms. The van der Waals surface area contributed by atoms with Crippen LogP contribution in [0.4, 0.5) is 0 Å². The Morgan fingerprint density at radius 3 is 2.93 bits per heavy atom. The summed E-state index contributed by atoms with van der Waals surface area (Å²) in [5.41, 5.74) is 3.19. The molecular weight excluding hydrogens is 260 g/mol. The highest BCUT2D eigenvalue weighted by Gasteiger charge is 2.07. The SMILES string of the molecule is NNC(=O)c1cnc2cncc(Br)c2c1. The highest BCUT2D eigenvalue weighted by atomic mass is 79.9. The fraction of sp³-hybridized carbons (Fsp3) is 0. The van der Waals surface area contributed by atoms with Gasteiger partial charge in [0.1, 0.15) is 0 Å². The van der Waals surface area contributed by atoms with Crippen molar-refractivity contribution < 1.29 is 4.79 Å². The molecule has 5 nitrogen and oxygen atoms in total. The molecule has 15 heavy (non-hydrogen) atoms. The Morgan fingerprint density at radius 2 is 2.20 bits per heavy atom. The van der Waals surface area contributed by atoms with Crippen molar-refractivity contribution in [3.8, 4) is 0 Å². The van der Waals surface area contributed by atoms with E-state index in [1.165, 1.54) is 6.20 Å². The highest BCUT2D eigenvalue weighted by molar-refractivity contribution is 9.10. The molecule has 2 aromatic rings. The summed E-state index contributed by atoms with van der Waals surface area (Å²) >= 11 is 3.34. The second-order valence-electron chi connectivity index (χ2n) is 2.89. The average molecular weight is 267 g/mol. The van der Waals surface area contributed by atoms with Gasteiger partial charge in [0.05, 0.1) is 17.3 Å². The number of rotatable bonds is 1.